The van der Waals surface area contributed by atoms with E-state index in [0.29, 0.717) is 55.6 Å². The Bertz CT molecular complexity index is 1230. The molecule has 2 heterocycles. The third kappa shape index (κ3) is 5.17. The number of anilines is 2. The highest BCUT2D eigenvalue weighted by atomic mass is 32.2. The smallest absolute Gasteiger partial charge is 0.319 e. The van der Waals surface area contributed by atoms with Gasteiger partial charge in [-0.2, -0.15) is 0 Å². The molecule has 0 spiro atoms. The van der Waals surface area contributed by atoms with Crippen molar-refractivity contribution < 1.29 is 23.1 Å². The molecule has 3 fully saturated rings. The second kappa shape index (κ2) is 10.5. The lowest BCUT2D eigenvalue weighted by Crippen LogP contribution is -2.44. The van der Waals surface area contributed by atoms with Crippen molar-refractivity contribution in [3.63, 3.8) is 0 Å². The van der Waals surface area contributed by atoms with Crippen LogP contribution in [0.3, 0.4) is 0 Å². The number of hydrogen-bond acceptors (Lipinski definition) is 8. The van der Waals surface area contributed by atoms with E-state index in [1.54, 1.807) is 12.1 Å². The lowest BCUT2D eigenvalue weighted by atomic mass is 10.1. The van der Waals surface area contributed by atoms with Gasteiger partial charge in [-0.05, 0) is 56.9 Å². The fourth-order valence-electron chi connectivity index (χ4n) is 5.38. The van der Waals surface area contributed by atoms with Crippen LogP contribution >= 0.6 is 0 Å². The molecule has 1 aliphatic heterocycles. The predicted molar refractivity (Wildman–Crippen MR) is 141 cm³/mol. The molecule has 1 aromatic heterocycles. The normalized spacial score (nSPS) is 21.6. The number of carbonyl (C=O) groups excluding carboxylic acids is 1. The fourth-order valence-corrected chi connectivity index (χ4v) is 8.04. The van der Waals surface area contributed by atoms with Gasteiger partial charge >= 0.3 is 6.03 Å². The number of morpholine rings is 1. The van der Waals surface area contributed by atoms with Crippen LogP contribution in [0.4, 0.5) is 16.3 Å². The maximum Gasteiger partial charge on any atom is 0.319 e. The van der Waals surface area contributed by atoms with Gasteiger partial charge in [0.25, 0.3) is 0 Å². The molecule has 37 heavy (non-hydrogen) atoms. The van der Waals surface area contributed by atoms with Gasteiger partial charge in [-0.1, -0.05) is 12.8 Å². The molecule has 10 nitrogen and oxygen atoms in total. The molecule has 200 valence electrons. The van der Waals surface area contributed by atoms with E-state index >= 15 is 0 Å². The van der Waals surface area contributed by atoms with E-state index in [1.165, 1.54) is 0 Å². The molecule has 0 radical (unpaired) electrons. The number of benzene rings is 1. The highest BCUT2D eigenvalue weighted by Crippen LogP contribution is 2.55. The monoisotopic (exact) mass is 529 g/mol. The number of amides is 2. The molecular formula is C26H35N5O5S. The summed E-state index contributed by atoms with van der Waals surface area (Å²) in [5.74, 6) is 1.18. The van der Waals surface area contributed by atoms with Crippen molar-refractivity contribution in [1.29, 1.82) is 0 Å². The van der Waals surface area contributed by atoms with E-state index in [9.17, 15) is 13.2 Å². The summed E-state index contributed by atoms with van der Waals surface area (Å²) in [6.45, 7) is 3.94. The number of aromatic nitrogens is 2. The quantitative estimate of drug-likeness (QED) is 0.475. The molecular weight excluding hydrogens is 494 g/mol. The Morgan fingerprint density at radius 1 is 1.19 bits per heavy atom. The standard InChI is InChI=1S/C26H35N5O5S/c1-18-17-36-15-13-31(18)23-16-22(26(10-11-26)37(34,35)21-4-2-3-5-21)29-24(30-23)19-6-8-20(9-7-19)28-25(33)27-12-14-32/h6-9,16,18,21,32H,2-5,10-15,17H2,1H3,(H2,27,28,33)/t18-/m0/s1. The highest BCUT2D eigenvalue weighted by Gasteiger charge is 2.59. The zero-order valence-electron chi connectivity index (χ0n) is 21.1. The molecule has 1 saturated heterocycles. The number of nitrogens with one attached hydrogen (secondary N) is 2. The highest BCUT2D eigenvalue weighted by molar-refractivity contribution is 7.93. The zero-order valence-corrected chi connectivity index (χ0v) is 22.0. The number of urea groups is 1. The number of hydrogen-bond donors (Lipinski definition) is 3. The van der Waals surface area contributed by atoms with Crippen LogP contribution in [-0.4, -0.2) is 73.7 Å². The van der Waals surface area contributed by atoms with E-state index in [1.807, 2.05) is 18.2 Å². The molecule has 1 atom stereocenters. The van der Waals surface area contributed by atoms with Crippen molar-refractivity contribution in [1.82, 2.24) is 15.3 Å². The Balaban J connectivity index is 1.50. The van der Waals surface area contributed by atoms with Gasteiger partial charge in [0.1, 0.15) is 10.6 Å². The van der Waals surface area contributed by atoms with Crippen molar-refractivity contribution in [2.24, 2.45) is 0 Å². The first-order valence-corrected chi connectivity index (χ1v) is 14.6. The number of carbonyl (C=O) groups is 1. The Morgan fingerprint density at radius 3 is 2.57 bits per heavy atom. The third-order valence-corrected chi connectivity index (χ3v) is 10.7. The van der Waals surface area contributed by atoms with E-state index in [-0.39, 0.29) is 24.4 Å². The van der Waals surface area contributed by atoms with Crippen LogP contribution in [0.25, 0.3) is 11.4 Å². The molecule has 1 aromatic carbocycles. The summed E-state index contributed by atoms with van der Waals surface area (Å²) in [7, 11) is -3.37. The first-order chi connectivity index (χ1) is 17.8. The Hall–Kier alpha value is -2.76. The Morgan fingerprint density at radius 2 is 1.92 bits per heavy atom. The number of aliphatic hydroxyl groups is 1. The summed E-state index contributed by atoms with van der Waals surface area (Å²) in [5, 5.41) is 13.8. The van der Waals surface area contributed by atoms with Gasteiger partial charge in [-0.3, -0.25) is 0 Å². The molecule has 3 N–H and O–H groups in total. The SMILES string of the molecule is C[C@H]1COCCN1c1cc(C2(S(=O)(=O)C3CCCC3)CC2)nc(-c2ccc(NC(=O)NCCO)cc2)n1. The van der Waals surface area contributed by atoms with Crippen LogP contribution in [0.2, 0.25) is 0 Å². The Labute approximate surface area is 217 Å². The maximum absolute atomic E-state index is 13.8. The fraction of sp³-hybridized carbons (Fsp3) is 0.577. The molecule has 5 rings (SSSR count). The van der Waals surface area contributed by atoms with Crippen LogP contribution in [-0.2, 0) is 19.3 Å². The van der Waals surface area contributed by atoms with Gasteiger partial charge in [-0.25, -0.2) is 23.2 Å². The first kappa shape index (κ1) is 25.9. The van der Waals surface area contributed by atoms with Crippen molar-refractivity contribution in [3.8, 4) is 11.4 Å². The van der Waals surface area contributed by atoms with Crippen LogP contribution in [0.1, 0.15) is 51.1 Å². The summed E-state index contributed by atoms with van der Waals surface area (Å²) in [5.41, 5.74) is 1.91. The van der Waals surface area contributed by atoms with Crippen molar-refractivity contribution in [2.45, 2.75) is 61.5 Å². The molecule has 2 amide bonds. The van der Waals surface area contributed by atoms with Gasteiger partial charge in [0, 0.05) is 30.4 Å². The van der Waals surface area contributed by atoms with Crippen LogP contribution in [0.5, 0.6) is 0 Å². The maximum atomic E-state index is 13.8. The Kier molecular flexibility index (Phi) is 7.37. The van der Waals surface area contributed by atoms with Crippen LogP contribution < -0.4 is 15.5 Å². The van der Waals surface area contributed by atoms with E-state index < -0.39 is 20.6 Å². The summed E-state index contributed by atoms with van der Waals surface area (Å²) in [6.07, 6.45) is 4.57. The molecule has 2 aliphatic carbocycles. The van der Waals surface area contributed by atoms with Crippen LogP contribution in [0.15, 0.2) is 30.3 Å². The van der Waals surface area contributed by atoms with Gasteiger partial charge in [0.05, 0.1) is 36.8 Å². The molecule has 11 heteroatoms. The minimum Gasteiger partial charge on any atom is -0.395 e. The van der Waals surface area contributed by atoms with Crippen molar-refractivity contribution in [2.75, 3.05) is 43.1 Å². The van der Waals surface area contributed by atoms with E-state index in [0.717, 1.165) is 31.2 Å². The largest absolute Gasteiger partial charge is 0.395 e. The van der Waals surface area contributed by atoms with Gasteiger partial charge < -0.3 is 25.4 Å². The average molecular weight is 530 g/mol. The minimum absolute atomic E-state index is 0.106. The summed E-state index contributed by atoms with van der Waals surface area (Å²) < 4.78 is 32.2. The topological polar surface area (TPSA) is 134 Å². The number of sulfone groups is 1. The molecule has 2 aromatic rings. The van der Waals surface area contributed by atoms with Crippen LogP contribution in [0, 0.1) is 0 Å². The minimum atomic E-state index is -3.37. The van der Waals surface area contributed by atoms with Crippen molar-refractivity contribution >= 4 is 27.4 Å². The lowest BCUT2D eigenvalue weighted by molar-refractivity contribution is 0.0985. The number of rotatable bonds is 8. The lowest BCUT2D eigenvalue weighted by Gasteiger charge is -2.35. The molecule has 3 aliphatic rings. The number of nitrogens with zero attached hydrogens (tertiary/aromatic N) is 3. The first-order valence-electron chi connectivity index (χ1n) is 13.1. The average Bonchev–Trinajstić information content (AvgIpc) is 3.54. The third-order valence-electron chi connectivity index (χ3n) is 7.63. The van der Waals surface area contributed by atoms with Crippen molar-refractivity contribution in [3.05, 3.63) is 36.0 Å². The summed E-state index contributed by atoms with van der Waals surface area (Å²) in [4.78, 5) is 23.8. The molecule has 0 bridgehead atoms. The van der Waals surface area contributed by atoms with E-state index in [4.69, 9.17) is 19.8 Å². The van der Waals surface area contributed by atoms with Gasteiger partial charge in [0.2, 0.25) is 0 Å². The zero-order chi connectivity index (χ0) is 26.0. The summed E-state index contributed by atoms with van der Waals surface area (Å²) in [6, 6.07) is 8.72. The second-order valence-electron chi connectivity index (χ2n) is 10.2. The van der Waals surface area contributed by atoms with E-state index in [2.05, 4.69) is 22.5 Å². The second-order valence-corrected chi connectivity index (χ2v) is 12.7. The van der Waals surface area contributed by atoms with Gasteiger partial charge in [0.15, 0.2) is 15.7 Å². The molecule has 2 saturated carbocycles. The number of aliphatic hydroxyl groups excluding tert-OH is 1. The van der Waals surface area contributed by atoms with Gasteiger partial charge in [-0.15, -0.1) is 0 Å². The predicted octanol–water partition coefficient (Wildman–Crippen LogP) is 2.83. The molecule has 0 unspecified atom stereocenters. The summed E-state index contributed by atoms with van der Waals surface area (Å²) >= 11 is 0. The number of ether oxygens (including phenoxy) is 1.